The Morgan fingerprint density at radius 1 is 0.375 bits per heavy atom. The molecule has 1 heterocycles. The SMILES string of the molecule is c1ccc(N(c2ccc(-c3cc4c5ccccc5ccc4c4ccccc34)cc2)c2cccc3c2sc2ccc4ccccc4c23)cc1. The van der Waals surface area contributed by atoms with Crippen molar-refractivity contribution >= 4 is 91.7 Å². The highest BCUT2D eigenvalue weighted by molar-refractivity contribution is 7.26. The van der Waals surface area contributed by atoms with Gasteiger partial charge in [0.2, 0.25) is 0 Å². The van der Waals surface area contributed by atoms with E-state index in [4.69, 9.17) is 0 Å². The van der Waals surface area contributed by atoms with Gasteiger partial charge in [-0.2, -0.15) is 0 Å². The van der Waals surface area contributed by atoms with Gasteiger partial charge < -0.3 is 4.90 Å². The van der Waals surface area contributed by atoms with Crippen LogP contribution in [-0.2, 0) is 0 Å². The Hall–Kier alpha value is -5.96. The largest absolute Gasteiger partial charge is 0.309 e. The minimum atomic E-state index is 1.13. The molecule has 0 spiro atoms. The highest BCUT2D eigenvalue weighted by Crippen LogP contribution is 2.47. The van der Waals surface area contributed by atoms with E-state index in [1.165, 1.54) is 80.1 Å². The molecule has 0 atom stereocenters. The van der Waals surface area contributed by atoms with E-state index >= 15 is 0 Å². The lowest BCUT2D eigenvalue weighted by Crippen LogP contribution is -2.09. The van der Waals surface area contributed by atoms with Crippen molar-refractivity contribution in [2.24, 2.45) is 0 Å². The summed E-state index contributed by atoms with van der Waals surface area (Å²) < 4.78 is 2.61. The lowest BCUT2D eigenvalue weighted by atomic mass is 9.91. The first-order chi connectivity index (χ1) is 23.8. The zero-order chi connectivity index (χ0) is 31.6. The van der Waals surface area contributed by atoms with Gasteiger partial charge in [0.1, 0.15) is 0 Å². The van der Waals surface area contributed by atoms with Crippen molar-refractivity contribution < 1.29 is 0 Å². The van der Waals surface area contributed by atoms with Crippen molar-refractivity contribution in [2.45, 2.75) is 0 Å². The molecule has 10 aromatic rings. The fraction of sp³-hybridized carbons (Fsp3) is 0. The molecule has 0 aliphatic carbocycles. The maximum absolute atomic E-state index is 2.41. The first-order valence-corrected chi connectivity index (χ1v) is 17.3. The highest BCUT2D eigenvalue weighted by Gasteiger charge is 2.19. The lowest BCUT2D eigenvalue weighted by Gasteiger charge is -2.26. The van der Waals surface area contributed by atoms with Crippen LogP contribution in [0.25, 0.3) is 74.4 Å². The summed E-state index contributed by atoms with van der Waals surface area (Å²) in [6.07, 6.45) is 0. The number of nitrogens with zero attached hydrogens (tertiary/aromatic N) is 1. The predicted molar refractivity (Wildman–Crippen MR) is 209 cm³/mol. The summed E-state index contributed by atoms with van der Waals surface area (Å²) >= 11 is 1.88. The molecule has 0 aliphatic rings. The van der Waals surface area contributed by atoms with Gasteiger partial charge in [0.15, 0.2) is 0 Å². The van der Waals surface area contributed by atoms with Crippen molar-refractivity contribution in [1.82, 2.24) is 0 Å². The minimum absolute atomic E-state index is 1.13. The number of para-hydroxylation sites is 1. The van der Waals surface area contributed by atoms with Gasteiger partial charge in [-0.15, -0.1) is 11.3 Å². The van der Waals surface area contributed by atoms with Gasteiger partial charge in [-0.1, -0.05) is 133 Å². The van der Waals surface area contributed by atoms with E-state index in [0.717, 1.165) is 11.4 Å². The molecule has 224 valence electrons. The molecule has 0 radical (unpaired) electrons. The van der Waals surface area contributed by atoms with Crippen LogP contribution < -0.4 is 4.90 Å². The molecule has 0 N–H and O–H groups in total. The smallest absolute Gasteiger partial charge is 0.0640 e. The van der Waals surface area contributed by atoms with E-state index < -0.39 is 0 Å². The van der Waals surface area contributed by atoms with Gasteiger partial charge >= 0.3 is 0 Å². The van der Waals surface area contributed by atoms with Gasteiger partial charge in [0, 0.05) is 26.8 Å². The summed E-state index contributed by atoms with van der Waals surface area (Å²) in [6.45, 7) is 0. The summed E-state index contributed by atoms with van der Waals surface area (Å²) in [5.74, 6) is 0. The van der Waals surface area contributed by atoms with E-state index in [0.29, 0.717) is 0 Å². The number of hydrogen-bond acceptors (Lipinski definition) is 2. The van der Waals surface area contributed by atoms with Gasteiger partial charge in [0.05, 0.1) is 10.4 Å². The van der Waals surface area contributed by atoms with Gasteiger partial charge in [-0.3, -0.25) is 0 Å². The van der Waals surface area contributed by atoms with Crippen LogP contribution in [-0.4, -0.2) is 0 Å². The van der Waals surface area contributed by atoms with Gasteiger partial charge in [-0.25, -0.2) is 0 Å². The Morgan fingerprint density at radius 2 is 0.979 bits per heavy atom. The van der Waals surface area contributed by atoms with E-state index in [2.05, 4.69) is 181 Å². The zero-order valence-corrected chi connectivity index (χ0v) is 26.9. The van der Waals surface area contributed by atoms with Crippen LogP contribution in [0.1, 0.15) is 0 Å². The van der Waals surface area contributed by atoms with E-state index in [1.807, 2.05) is 11.3 Å². The van der Waals surface area contributed by atoms with Crippen LogP contribution >= 0.6 is 11.3 Å². The number of fused-ring (bicyclic) bond motifs is 10. The lowest BCUT2D eigenvalue weighted by molar-refractivity contribution is 1.30. The molecular formula is C46H29NS. The average molecular weight is 628 g/mol. The molecule has 0 saturated heterocycles. The van der Waals surface area contributed by atoms with Crippen LogP contribution in [0.2, 0.25) is 0 Å². The monoisotopic (exact) mass is 627 g/mol. The Bertz CT molecular complexity index is 2830. The van der Waals surface area contributed by atoms with E-state index in [1.54, 1.807) is 0 Å². The molecule has 0 saturated carbocycles. The third kappa shape index (κ3) is 4.17. The molecular weight excluding hydrogens is 599 g/mol. The molecule has 9 aromatic carbocycles. The number of rotatable bonds is 4. The summed E-state index contributed by atoms with van der Waals surface area (Å²) in [5.41, 5.74) is 5.94. The average Bonchev–Trinajstić information content (AvgIpc) is 3.55. The molecule has 0 amide bonds. The van der Waals surface area contributed by atoms with Gasteiger partial charge in [-0.05, 0) is 96.7 Å². The molecule has 0 bridgehead atoms. The normalized spacial score (nSPS) is 11.8. The number of anilines is 3. The first-order valence-electron chi connectivity index (χ1n) is 16.4. The Labute approximate surface area is 282 Å². The molecule has 10 rings (SSSR count). The van der Waals surface area contributed by atoms with Crippen molar-refractivity contribution in [1.29, 1.82) is 0 Å². The molecule has 48 heavy (non-hydrogen) atoms. The van der Waals surface area contributed by atoms with E-state index in [9.17, 15) is 0 Å². The summed E-state index contributed by atoms with van der Waals surface area (Å²) in [7, 11) is 0. The van der Waals surface area contributed by atoms with Crippen molar-refractivity contribution in [2.75, 3.05) is 4.90 Å². The Morgan fingerprint density at radius 3 is 1.79 bits per heavy atom. The fourth-order valence-electron chi connectivity index (χ4n) is 7.62. The Kier molecular flexibility index (Phi) is 6.12. The summed E-state index contributed by atoms with van der Waals surface area (Å²) in [5, 5.41) is 12.9. The molecule has 0 unspecified atom stereocenters. The van der Waals surface area contributed by atoms with Crippen LogP contribution in [0, 0.1) is 0 Å². The maximum Gasteiger partial charge on any atom is 0.0640 e. The van der Waals surface area contributed by atoms with E-state index in [-0.39, 0.29) is 0 Å². The highest BCUT2D eigenvalue weighted by atomic mass is 32.1. The first kappa shape index (κ1) is 27.2. The zero-order valence-electron chi connectivity index (χ0n) is 26.1. The number of hydrogen-bond donors (Lipinski definition) is 0. The topological polar surface area (TPSA) is 3.24 Å². The van der Waals surface area contributed by atoms with Crippen molar-refractivity contribution in [3.8, 4) is 11.1 Å². The molecule has 0 fully saturated rings. The van der Waals surface area contributed by atoms with Crippen LogP contribution in [0.5, 0.6) is 0 Å². The fourth-order valence-corrected chi connectivity index (χ4v) is 8.85. The third-order valence-corrected chi connectivity index (χ3v) is 11.0. The number of benzene rings is 9. The second-order valence-corrected chi connectivity index (χ2v) is 13.5. The number of thiophene rings is 1. The summed E-state index contributed by atoms with van der Waals surface area (Å²) in [4.78, 5) is 2.41. The molecule has 1 nitrogen and oxygen atoms in total. The summed E-state index contributed by atoms with van der Waals surface area (Å²) in [6, 6.07) is 64.4. The van der Waals surface area contributed by atoms with Crippen molar-refractivity contribution in [3.05, 3.63) is 176 Å². The van der Waals surface area contributed by atoms with Gasteiger partial charge in [0.25, 0.3) is 0 Å². The predicted octanol–water partition coefficient (Wildman–Crippen LogP) is 13.8. The second kappa shape index (κ2) is 10.8. The molecule has 2 heteroatoms. The third-order valence-electron chi connectivity index (χ3n) is 9.82. The van der Waals surface area contributed by atoms with Crippen LogP contribution in [0.3, 0.4) is 0 Å². The van der Waals surface area contributed by atoms with Crippen molar-refractivity contribution in [3.63, 3.8) is 0 Å². The standard InChI is InChI=1S/C46H29NS/c1-2-13-33(14-3-1)47(43-20-10-19-40-45-36-16-7-5-12-31(36)24-28-44(45)48-46(40)43)34-25-21-32(22-26-34)41-29-42-35-15-6-4-11-30(35)23-27-39(42)37-17-8-9-18-38(37)41/h1-29H. The maximum atomic E-state index is 2.41. The molecule has 1 aromatic heterocycles. The quantitative estimate of drug-likeness (QED) is 0.176. The van der Waals surface area contributed by atoms with Crippen LogP contribution in [0.4, 0.5) is 17.1 Å². The van der Waals surface area contributed by atoms with Crippen LogP contribution in [0.15, 0.2) is 176 Å². The second-order valence-electron chi connectivity index (χ2n) is 12.5. The minimum Gasteiger partial charge on any atom is -0.309 e. The molecule has 0 aliphatic heterocycles. The Balaban J connectivity index is 1.17.